The summed E-state index contributed by atoms with van der Waals surface area (Å²) in [6.07, 6.45) is 11.1. The smallest absolute Gasteiger partial charge is 0.200 e. The number of rotatable bonds is 2. The van der Waals surface area contributed by atoms with Gasteiger partial charge in [0, 0.05) is 6.07 Å². The van der Waals surface area contributed by atoms with Gasteiger partial charge in [-0.25, -0.2) is 4.57 Å². The molecule has 4 bridgehead atoms. The minimum Gasteiger partial charge on any atom is -0.200 e. The topological polar surface area (TPSA) is 3.88 Å². The van der Waals surface area contributed by atoms with Crippen LogP contribution in [0.3, 0.4) is 0 Å². The molecule has 1 heteroatoms. The quantitative estimate of drug-likeness (QED) is 0.302. The summed E-state index contributed by atoms with van der Waals surface area (Å²) in [4.78, 5) is 0. The van der Waals surface area contributed by atoms with E-state index in [9.17, 15) is 0 Å². The average molecular weight is 419 g/mol. The van der Waals surface area contributed by atoms with Gasteiger partial charge in [-0.1, -0.05) is 42.5 Å². The molecule has 8 rings (SSSR count). The van der Waals surface area contributed by atoms with Crippen LogP contribution in [0.5, 0.6) is 0 Å². The molecule has 0 radical (unpaired) electrons. The van der Waals surface area contributed by atoms with Crippen molar-refractivity contribution in [3.05, 3.63) is 78.0 Å². The van der Waals surface area contributed by atoms with E-state index in [0.717, 1.165) is 17.8 Å². The van der Waals surface area contributed by atoms with Gasteiger partial charge in [0.25, 0.3) is 0 Å². The van der Waals surface area contributed by atoms with Crippen molar-refractivity contribution in [3.8, 4) is 11.3 Å². The number of nitrogens with zero attached hydrogens (tertiary/aromatic N) is 1. The predicted octanol–water partition coefficient (Wildman–Crippen LogP) is 7.26. The summed E-state index contributed by atoms with van der Waals surface area (Å²) in [7, 11) is 2.19. The Morgan fingerprint density at radius 1 is 0.750 bits per heavy atom. The molecule has 1 aromatic heterocycles. The highest BCUT2D eigenvalue weighted by Gasteiger charge is 2.51. The molecule has 0 amide bonds. The Bertz CT molecular complexity index is 1340. The fourth-order valence-corrected chi connectivity index (χ4v) is 8.11. The highest BCUT2D eigenvalue weighted by atomic mass is 14.9. The lowest BCUT2D eigenvalue weighted by molar-refractivity contribution is -0.659. The maximum atomic E-state index is 2.56. The van der Waals surface area contributed by atoms with Crippen LogP contribution in [0.4, 0.5) is 0 Å². The van der Waals surface area contributed by atoms with Crippen molar-refractivity contribution >= 4 is 21.5 Å². The summed E-state index contributed by atoms with van der Waals surface area (Å²) < 4.78 is 2.31. The van der Waals surface area contributed by atoms with Gasteiger partial charge in [-0.05, 0) is 108 Å². The van der Waals surface area contributed by atoms with Crippen molar-refractivity contribution in [3.63, 3.8) is 0 Å². The zero-order chi connectivity index (χ0) is 21.4. The molecular weight excluding hydrogens is 386 g/mol. The molecule has 1 heterocycles. The van der Waals surface area contributed by atoms with Crippen molar-refractivity contribution < 1.29 is 4.57 Å². The molecule has 0 saturated heterocycles. The second-order valence-corrected chi connectivity index (χ2v) is 11.3. The van der Waals surface area contributed by atoms with E-state index in [4.69, 9.17) is 0 Å². The van der Waals surface area contributed by atoms with Crippen molar-refractivity contribution in [2.45, 2.75) is 50.9 Å². The molecule has 4 aliphatic carbocycles. The molecule has 4 fully saturated rings. The molecule has 0 spiro atoms. The van der Waals surface area contributed by atoms with Gasteiger partial charge in [0.1, 0.15) is 7.05 Å². The van der Waals surface area contributed by atoms with E-state index in [1.807, 2.05) is 0 Å². The minimum atomic E-state index is 0.458. The fraction of sp³-hybridized carbons (Fsp3) is 0.387. The van der Waals surface area contributed by atoms with E-state index in [2.05, 4.69) is 85.4 Å². The largest absolute Gasteiger partial charge is 0.220 e. The first-order chi connectivity index (χ1) is 15.6. The zero-order valence-corrected chi connectivity index (χ0v) is 19.3. The van der Waals surface area contributed by atoms with Gasteiger partial charge in [0.15, 0.2) is 6.20 Å². The summed E-state index contributed by atoms with van der Waals surface area (Å²) in [5.74, 6) is 2.96. The van der Waals surface area contributed by atoms with Crippen molar-refractivity contribution in [2.24, 2.45) is 24.8 Å². The minimum absolute atomic E-state index is 0.458. The molecule has 32 heavy (non-hydrogen) atoms. The Kier molecular flexibility index (Phi) is 3.93. The number of aryl methyl sites for hydroxylation is 2. The third-order valence-electron chi connectivity index (χ3n) is 9.14. The van der Waals surface area contributed by atoms with E-state index in [1.165, 1.54) is 76.9 Å². The Hall–Kier alpha value is -2.67. The van der Waals surface area contributed by atoms with E-state index >= 15 is 0 Å². The molecular formula is C31H32N+. The van der Waals surface area contributed by atoms with Crippen LogP contribution in [0.1, 0.15) is 49.7 Å². The second-order valence-electron chi connectivity index (χ2n) is 11.3. The molecule has 0 aliphatic heterocycles. The van der Waals surface area contributed by atoms with Gasteiger partial charge in [-0.2, -0.15) is 0 Å². The standard InChI is InChI=1S/C31H32N/c1-20-11-24-5-3-4-6-25(24)16-29(20)30-28-8-7-27(15-26(28)9-10-32(30)2)31-17-21-12-22(18-31)14-23(13-21)19-31/h3-11,15-16,21-23H,12-14,17-19H2,1-2H3/q+1. The van der Waals surface area contributed by atoms with Gasteiger partial charge in [0.05, 0.1) is 10.9 Å². The highest BCUT2D eigenvalue weighted by Crippen LogP contribution is 2.60. The van der Waals surface area contributed by atoms with E-state index in [1.54, 1.807) is 5.56 Å². The molecule has 0 atom stereocenters. The number of pyridine rings is 1. The third-order valence-corrected chi connectivity index (χ3v) is 9.14. The first-order valence-electron chi connectivity index (χ1n) is 12.5. The average Bonchev–Trinajstić information content (AvgIpc) is 2.78. The molecule has 1 nitrogen and oxygen atoms in total. The van der Waals surface area contributed by atoms with Gasteiger partial charge in [0.2, 0.25) is 5.69 Å². The normalized spacial score (nSPS) is 28.6. The van der Waals surface area contributed by atoms with Crippen LogP contribution >= 0.6 is 0 Å². The van der Waals surface area contributed by atoms with Crippen LogP contribution in [0.15, 0.2) is 66.9 Å². The second kappa shape index (κ2) is 6.67. The lowest BCUT2D eigenvalue weighted by atomic mass is 9.48. The number of benzene rings is 3. The fourth-order valence-electron chi connectivity index (χ4n) is 8.11. The maximum Gasteiger partial charge on any atom is 0.220 e. The van der Waals surface area contributed by atoms with Crippen molar-refractivity contribution in [1.29, 1.82) is 0 Å². The summed E-state index contributed by atoms with van der Waals surface area (Å²) in [5.41, 5.74) is 6.11. The maximum absolute atomic E-state index is 2.56. The summed E-state index contributed by atoms with van der Waals surface area (Å²) in [5, 5.41) is 5.41. The Labute approximate surface area is 191 Å². The van der Waals surface area contributed by atoms with Gasteiger partial charge < -0.3 is 0 Å². The lowest BCUT2D eigenvalue weighted by Crippen LogP contribution is -2.48. The van der Waals surface area contributed by atoms with Crippen molar-refractivity contribution in [2.75, 3.05) is 0 Å². The zero-order valence-electron chi connectivity index (χ0n) is 19.3. The number of fused-ring (bicyclic) bond motifs is 2. The van der Waals surface area contributed by atoms with E-state index < -0.39 is 0 Å². The molecule has 160 valence electrons. The lowest BCUT2D eigenvalue weighted by Gasteiger charge is -2.57. The molecule has 0 N–H and O–H groups in total. The van der Waals surface area contributed by atoms with Crippen LogP contribution in [0, 0.1) is 24.7 Å². The predicted molar refractivity (Wildman–Crippen MR) is 133 cm³/mol. The van der Waals surface area contributed by atoms with Gasteiger partial charge >= 0.3 is 0 Å². The highest BCUT2D eigenvalue weighted by molar-refractivity contribution is 5.97. The Balaban J connectivity index is 1.39. The molecule has 4 aromatic rings. The van der Waals surface area contributed by atoms with Crippen LogP contribution in [0.2, 0.25) is 0 Å². The summed E-state index contributed by atoms with van der Waals surface area (Å²) >= 11 is 0. The molecule has 4 saturated carbocycles. The first-order valence-corrected chi connectivity index (χ1v) is 12.5. The Morgan fingerprint density at radius 3 is 2.09 bits per heavy atom. The molecule has 0 unspecified atom stereocenters. The molecule has 3 aromatic carbocycles. The van der Waals surface area contributed by atoms with Gasteiger partial charge in [-0.3, -0.25) is 0 Å². The molecule has 4 aliphatic rings. The number of hydrogen-bond acceptors (Lipinski definition) is 0. The van der Waals surface area contributed by atoms with Crippen LogP contribution < -0.4 is 4.57 Å². The van der Waals surface area contributed by atoms with E-state index in [-0.39, 0.29) is 0 Å². The van der Waals surface area contributed by atoms with Gasteiger partial charge in [-0.15, -0.1) is 0 Å². The third kappa shape index (κ3) is 2.73. The number of hydrogen-bond donors (Lipinski definition) is 0. The monoisotopic (exact) mass is 418 g/mol. The van der Waals surface area contributed by atoms with Crippen LogP contribution in [0.25, 0.3) is 32.8 Å². The first kappa shape index (κ1) is 18.9. The SMILES string of the molecule is Cc1cc2ccccc2cc1-c1c2ccc(C34CC5CC(CC(C5)C3)C4)cc2cc[n+]1C. The van der Waals surface area contributed by atoms with Crippen LogP contribution in [-0.2, 0) is 12.5 Å². The van der Waals surface area contributed by atoms with E-state index in [0.29, 0.717) is 5.41 Å². The summed E-state index contributed by atoms with van der Waals surface area (Å²) in [6, 6.07) is 23.3. The van der Waals surface area contributed by atoms with Crippen molar-refractivity contribution in [1.82, 2.24) is 0 Å². The van der Waals surface area contributed by atoms with Crippen LogP contribution in [-0.4, -0.2) is 0 Å². The summed E-state index contributed by atoms with van der Waals surface area (Å²) in [6.45, 7) is 2.25. The number of aromatic nitrogens is 1. The Morgan fingerprint density at radius 2 is 1.41 bits per heavy atom.